The highest BCUT2D eigenvalue weighted by Crippen LogP contribution is 2.23. The van der Waals surface area contributed by atoms with Crippen LogP contribution in [-0.2, 0) is 11.4 Å². The monoisotopic (exact) mass is 476 g/mol. The Morgan fingerprint density at radius 1 is 0.857 bits per heavy atom. The molecule has 0 fully saturated rings. The maximum atomic E-state index is 9.21. The van der Waals surface area contributed by atoms with Gasteiger partial charge in [0.2, 0.25) is 0 Å². The highest BCUT2D eigenvalue weighted by Gasteiger charge is 2.14. The van der Waals surface area contributed by atoms with Crippen LogP contribution in [0.4, 0.5) is 0 Å². The Balaban J connectivity index is 1.53. The van der Waals surface area contributed by atoms with Crippen LogP contribution in [0.15, 0.2) is 78.0 Å². The van der Waals surface area contributed by atoms with E-state index in [9.17, 15) is 5.26 Å². The van der Waals surface area contributed by atoms with E-state index >= 15 is 0 Å². The van der Waals surface area contributed by atoms with Crippen LogP contribution in [0.5, 0.6) is 17.2 Å². The van der Waals surface area contributed by atoms with Crippen molar-refractivity contribution in [1.82, 2.24) is 0 Å². The smallest absolute Gasteiger partial charge is 0.153 e. The molecular formula is C27H28N2O6. The van der Waals surface area contributed by atoms with E-state index in [2.05, 4.69) is 11.2 Å². The van der Waals surface area contributed by atoms with Crippen molar-refractivity contribution < 1.29 is 29.3 Å². The van der Waals surface area contributed by atoms with Crippen molar-refractivity contribution >= 4 is 5.71 Å². The number of hydrogen-bond donors (Lipinski definition) is 2. The molecule has 0 spiro atoms. The summed E-state index contributed by atoms with van der Waals surface area (Å²) in [6, 6.07) is 24.1. The van der Waals surface area contributed by atoms with Crippen molar-refractivity contribution in [2.75, 3.05) is 20.8 Å². The van der Waals surface area contributed by atoms with E-state index in [0.29, 0.717) is 29.4 Å². The van der Waals surface area contributed by atoms with Gasteiger partial charge in [0, 0.05) is 12.0 Å². The first-order valence-corrected chi connectivity index (χ1v) is 11.0. The maximum Gasteiger partial charge on any atom is 0.153 e. The topological polar surface area (TPSA) is 114 Å². The molecule has 0 aliphatic rings. The summed E-state index contributed by atoms with van der Waals surface area (Å²) in [5, 5.41) is 31.5. The second-order valence-electron chi connectivity index (χ2n) is 7.64. The minimum Gasteiger partial charge on any atom is -0.497 e. The van der Waals surface area contributed by atoms with Gasteiger partial charge in [-0.3, -0.25) is 0 Å². The van der Waals surface area contributed by atoms with Gasteiger partial charge in [0.05, 0.1) is 19.1 Å². The number of aliphatic hydroxyl groups is 2. The Kier molecular flexibility index (Phi) is 9.49. The number of benzene rings is 3. The van der Waals surface area contributed by atoms with E-state index in [-0.39, 0.29) is 13.0 Å². The number of nitriles is 1. The fraction of sp³-hybridized carbons (Fsp3) is 0.259. The minimum absolute atomic E-state index is 0.0377. The lowest BCUT2D eigenvalue weighted by atomic mass is 9.97. The number of ether oxygens (including phenoxy) is 3. The molecule has 0 radical (unpaired) electrons. The molecule has 0 saturated heterocycles. The number of methoxy groups -OCH3 is 1. The number of rotatable bonds is 12. The molecule has 8 heteroatoms. The van der Waals surface area contributed by atoms with Gasteiger partial charge >= 0.3 is 0 Å². The van der Waals surface area contributed by atoms with Gasteiger partial charge in [-0.2, -0.15) is 5.26 Å². The molecule has 0 aromatic heterocycles. The number of hydrogen-bond acceptors (Lipinski definition) is 8. The van der Waals surface area contributed by atoms with Crippen molar-refractivity contribution in [3.05, 3.63) is 89.5 Å². The SMILES string of the molecule is CO/N=C(\COc1ccc(COc2ccc(C(C#N)CC(O)O)cc2)cc1)c1ccc(OC)cc1. The zero-order valence-corrected chi connectivity index (χ0v) is 19.6. The van der Waals surface area contributed by atoms with Gasteiger partial charge in [-0.25, -0.2) is 0 Å². The largest absolute Gasteiger partial charge is 0.497 e. The normalized spacial score (nSPS) is 12.1. The Labute approximate surface area is 204 Å². The molecule has 1 atom stereocenters. The minimum atomic E-state index is -1.52. The highest BCUT2D eigenvalue weighted by atomic mass is 16.6. The molecule has 0 bridgehead atoms. The van der Waals surface area contributed by atoms with Crippen LogP contribution in [0, 0.1) is 11.3 Å². The lowest BCUT2D eigenvalue weighted by Crippen LogP contribution is -2.13. The van der Waals surface area contributed by atoms with E-state index in [1.807, 2.05) is 48.5 Å². The number of aliphatic hydroxyl groups excluding tert-OH is 1. The van der Waals surface area contributed by atoms with Gasteiger partial charge in [0.25, 0.3) is 0 Å². The van der Waals surface area contributed by atoms with Crippen LogP contribution in [0.1, 0.15) is 29.0 Å². The van der Waals surface area contributed by atoms with Crippen LogP contribution in [-0.4, -0.2) is 43.0 Å². The number of oxime groups is 1. The quantitative estimate of drug-likeness (QED) is 0.231. The van der Waals surface area contributed by atoms with Gasteiger partial charge in [-0.15, -0.1) is 0 Å². The lowest BCUT2D eigenvalue weighted by Gasteiger charge is -2.12. The summed E-state index contributed by atoms with van der Waals surface area (Å²) in [7, 11) is 3.11. The van der Waals surface area contributed by atoms with Crippen LogP contribution >= 0.6 is 0 Å². The predicted molar refractivity (Wildman–Crippen MR) is 130 cm³/mol. The molecule has 0 aliphatic heterocycles. The summed E-state index contributed by atoms with van der Waals surface area (Å²) in [6.07, 6.45) is -1.56. The van der Waals surface area contributed by atoms with Crippen LogP contribution in [0.3, 0.4) is 0 Å². The van der Waals surface area contributed by atoms with Gasteiger partial charge in [-0.05, 0) is 59.7 Å². The predicted octanol–water partition coefficient (Wildman–Crippen LogP) is 4.01. The molecule has 0 amide bonds. The zero-order chi connectivity index (χ0) is 25.0. The molecule has 35 heavy (non-hydrogen) atoms. The zero-order valence-electron chi connectivity index (χ0n) is 19.6. The molecule has 0 aliphatic carbocycles. The Morgan fingerprint density at radius 3 is 2.03 bits per heavy atom. The van der Waals surface area contributed by atoms with Crippen LogP contribution in [0.25, 0.3) is 0 Å². The molecule has 2 N–H and O–H groups in total. The van der Waals surface area contributed by atoms with Gasteiger partial charge in [0.1, 0.15) is 43.3 Å². The molecule has 0 heterocycles. The van der Waals surface area contributed by atoms with Crippen molar-refractivity contribution in [3.63, 3.8) is 0 Å². The van der Waals surface area contributed by atoms with Crippen LogP contribution in [0.2, 0.25) is 0 Å². The van der Waals surface area contributed by atoms with Crippen LogP contribution < -0.4 is 14.2 Å². The average molecular weight is 477 g/mol. The molecular weight excluding hydrogens is 448 g/mol. The summed E-state index contributed by atoms with van der Waals surface area (Å²) in [4.78, 5) is 4.96. The summed E-state index contributed by atoms with van der Waals surface area (Å²) < 4.78 is 16.9. The third-order valence-electron chi connectivity index (χ3n) is 5.21. The van der Waals surface area contributed by atoms with Crippen molar-refractivity contribution in [2.24, 2.45) is 5.16 Å². The van der Waals surface area contributed by atoms with E-state index in [0.717, 1.165) is 16.9 Å². The van der Waals surface area contributed by atoms with E-state index in [4.69, 9.17) is 29.3 Å². The third-order valence-corrected chi connectivity index (χ3v) is 5.21. The standard InChI is InChI=1S/C27H28N2O6/c1-32-23-11-7-21(8-12-23)26(29-33-2)18-35-24-9-3-19(4-10-24)17-34-25-13-5-20(6-14-25)22(16-28)15-27(30)31/h3-14,22,27,30-31H,15,17-18H2,1-2H3/b29-26+. The second kappa shape index (κ2) is 13.0. The third kappa shape index (κ3) is 7.74. The summed E-state index contributed by atoms with van der Waals surface area (Å²) in [5.74, 6) is 1.50. The van der Waals surface area contributed by atoms with E-state index in [1.165, 1.54) is 7.11 Å². The first-order chi connectivity index (χ1) is 17.0. The van der Waals surface area contributed by atoms with Crippen molar-refractivity contribution in [2.45, 2.75) is 25.2 Å². The Morgan fingerprint density at radius 2 is 1.46 bits per heavy atom. The molecule has 1 unspecified atom stereocenters. The maximum absolute atomic E-state index is 9.21. The first-order valence-electron chi connectivity index (χ1n) is 11.0. The molecule has 0 saturated carbocycles. The fourth-order valence-corrected chi connectivity index (χ4v) is 3.33. The average Bonchev–Trinajstić information content (AvgIpc) is 2.89. The molecule has 3 aromatic rings. The second-order valence-corrected chi connectivity index (χ2v) is 7.64. The van der Waals surface area contributed by atoms with E-state index in [1.54, 1.807) is 31.4 Å². The molecule has 3 aromatic carbocycles. The first kappa shape index (κ1) is 25.6. The number of nitrogens with zero attached hydrogens (tertiary/aromatic N) is 2. The Hall–Kier alpha value is -4.06. The molecule has 3 rings (SSSR count). The fourth-order valence-electron chi connectivity index (χ4n) is 3.33. The van der Waals surface area contributed by atoms with Crippen molar-refractivity contribution in [1.29, 1.82) is 5.26 Å². The van der Waals surface area contributed by atoms with Gasteiger partial charge < -0.3 is 29.3 Å². The van der Waals surface area contributed by atoms with Crippen molar-refractivity contribution in [3.8, 4) is 23.3 Å². The highest BCUT2D eigenvalue weighted by molar-refractivity contribution is 6.01. The Bertz CT molecular complexity index is 1120. The van der Waals surface area contributed by atoms with E-state index < -0.39 is 12.2 Å². The van der Waals surface area contributed by atoms with Gasteiger partial charge in [0.15, 0.2) is 6.29 Å². The lowest BCUT2D eigenvalue weighted by molar-refractivity contribution is -0.0469. The summed E-state index contributed by atoms with van der Waals surface area (Å²) in [6.45, 7) is 0.595. The molecule has 8 nitrogen and oxygen atoms in total. The summed E-state index contributed by atoms with van der Waals surface area (Å²) in [5.41, 5.74) is 3.19. The molecule has 182 valence electrons. The summed E-state index contributed by atoms with van der Waals surface area (Å²) >= 11 is 0. The van der Waals surface area contributed by atoms with Gasteiger partial charge in [-0.1, -0.05) is 29.4 Å².